The molecule has 0 spiro atoms. The highest BCUT2D eigenvalue weighted by molar-refractivity contribution is 7.99. The van der Waals surface area contributed by atoms with Crippen LogP contribution in [0.3, 0.4) is 0 Å². The first kappa shape index (κ1) is 6.80. The number of rotatable bonds is 0. The average Bonchev–Trinajstić information content (AvgIpc) is 2.08. The van der Waals surface area contributed by atoms with Gasteiger partial charge in [-0.25, -0.2) is 4.31 Å². The average molecular weight is 153 g/mol. The van der Waals surface area contributed by atoms with Gasteiger partial charge < -0.3 is 0 Å². The quantitative estimate of drug-likeness (QED) is 0.387. The van der Waals surface area contributed by atoms with Crippen molar-refractivity contribution in [3.05, 3.63) is 18.0 Å². The topological polar surface area (TPSA) is 3.24 Å². The van der Waals surface area contributed by atoms with E-state index in [0.29, 0.717) is 11.9 Å². The molecule has 1 aliphatic rings. The second kappa shape index (κ2) is 2.13. The van der Waals surface area contributed by atoms with Gasteiger partial charge in [0.1, 0.15) is 0 Å². The molecular formula is C4H2F3NS. The van der Waals surface area contributed by atoms with Crippen molar-refractivity contribution in [2.24, 2.45) is 0 Å². The van der Waals surface area contributed by atoms with Crippen molar-refractivity contribution in [3.63, 3.8) is 0 Å². The fraction of sp³-hybridized carbons (Fsp3) is 0.250. The second-order valence-electron chi connectivity index (χ2n) is 1.32. The van der Waals surface area contributed by atoms with E-state index in [4.69, 9.17) is 0 Å². The zero-order valence-corrected chi connectivity index (χ0v) is 4.96. The third kappa shape index (κ3) is 1.54. The minimum atomic E-state index is -4.27. The first-order valence-corrected chi connectivity index (χ1v) is 2.83. The van der Waals surface area contributed by atoms with E-state index in [-0.39, 0.29) is 4.31 Å². The van der Waals surface area contributed by atoms with Crippen molar-refractivity contribution >= 4 is 11.9 Å². The predicted molar refractivity (Wildman–Crippen MR) is 27.9 cm³/mol. The summed E-state index contributed by atoms with van der Waals surface area (Å²) in [5, 5.41) is 0. The molecule has 0 unspecified atom stereocenters. The van der Waals surface area contributed by atoms with Gasteiger partial charge in [0.25, 0.3) is 0 Å². The van der Waals surface area contributed by atoms with Crippen LogP contribution in [-0.2, 0) is 0 Å². The maximum absolute atomic E-state index is 11.6. The SMILES string of the molecule is FC(F)(F)N1C=C[C]S1. The van der Waals surface area contributed by atoms with Gasteiger partial charge in [-0.15, -0.1) is 13.2 Å². The van der Waals surface area contributed by atoms with Crippen LogP contribution in [0.1, 0.15) is 0 Å². The van der Waals surface area contributed by atoms with Gasteiger partial charge in [0, 0.05) is 6.20 Å². The molecule has 0 aromatic carbocycles. The van der Waals surface area contributed by atoms with Crippen molar-refractivity contribution in [1.29, 1.82) is 0 Å². The van der Waals surface area contributed by atoms with E-state index in [0.717, 1.165) is 6.20 Å². The fourth-order valence-corrected chi connectivity index (χ4v) is 0.813. The molecule has 0 aliphatic carbocycles. The summed E-state index contributed by atoms with van der Waals surface area (Å²) in [5.41, 5.74) is 0. The van der Waals surface area contributed by atoms with Crippen LogP contribution in [0.25, 0.3) is 0 Å². The molecule has 0 amide bonds. The third-order valence-electron chi connectivity index (χ3n) is 0.679. The number of hydrogen-bond acceptors (Lipinski definition) is 2. The summed E-state index contributed by atoms with van der Waals surface area (Å²) in [5.74, 6) is 2.32. The van der Waals surface area contributed by atoms with E-state index >= 15 is 0 Å². The molecule has 9 heavy (non-hydrogen) atoms. The van der Waals surface area contributed by atoms with Crippen LogP contribution >= 0.6 is 11.9 Å². The molecule has 0 atom stereocenters. The maximum atomic E-state index is 11.6. The van der Waals surface area contributed by atoms with Gasteiger partial charge in [-0.3, -0.25) is 0 Å². The Labute approximate surface area is 54.7 Å². The summed E-state index contributed by atoms with van der Waals surface area (Å²) in [4.78, 5) is 0. The fourth-order valence-electron chi connectivity index (χ4n) is 0.352. The van der Waals surface area contributed by atoms with Gasteiger partial charge in [0.05, 0.1) is 5.75 Å². The molecule has 2 radical (unpaired) electrons. The van der Waals surface area contributed by atoms with E-state index in [1.165, 1.54) is 6.08 Å². The number of alkyl halides is 3. The summed E-state index contributed by atoms with van der Waals surface area (Å²) in [6, 6.07) is 0. The van der Waals surface area contributed by atoms with Gasteiger partial charge in [-0.2, -0.15) is 0 Å². The summed E-state index contributed by atoms with van der Waals surface area (Å²) in [7, 11) is 0. The molecule has 1 nitrogen and oxygen atoms in total. The number of halogens is 3. The highest BCUT2D eigenvalue weighted by Crippen LogP contribution is 2.34. The standard InChI is InChI=1S/C4H2F3NS/c5-4(6,7)8-2-1-3-9-8/h1-2H. The van der Waals surface area contributed by atoms with Gasteiger partial charge in [-0.05, 0) is 18.0 Å². The smallest absolute Gasteiger partial charge is 0.232 e. The molecule has 0 aromatic rings. The summed E-state index contributed by atoms with van der Waals surface area (Å²) >= 11 is 0.497. The maximum Gasteiger partial charge on any atom is 0.494 e. The zero-order chi connectivity index (χ0) is 6.91. The van der Waals surface area contributed by atoms with Crippen LogP contribution in [0.4, 0.5) is 13.2 Å². The first-order valence-electron chi connectivity index (χ1n) is 2.06. The molecule has 0 saturated carbocycles. The molecule has 0 aromatic heterocycles. The van der Waals surface area contributed by atoms with Crippen molar-refractivity contribution < 1.29 is 13.2 Å². The molecular weight excluding hydrogens is 151 g/mol. The minimum Gasteiger partial charge on any atom is -0.232 e. The van der Waals surface area contributed by atoms with E-state index < -0.39 is 6.30 Å². The van der Waals surface area contributed by atoms with E-state index in [1.54, 1.807) is 0 Å². The zero-order valence-electron chi connectivity index (χ0n) is 4.14. The highest BCUT2D eigenvalue weighted by atomic mass is 32.2. The summed E-state index contributed by atoms with van der Waals surface area (Å²) < 4.78 is 34.9. The molecule has 50 valence electrons. The minimum absolute atomic E-state index is 0.174. The monoisotopic (exact) mass is 153 g/mol. The Morgan fingerprint density at radius 2 is 2.11 bits per heavy atom. The van der Waals surface area contributed by atoms with E-state index in [2.05, 4.69) is 5.75 Å². The number of nitrogens with zero attached hydrogens (tertiary/aromatic N) is 1. The Balaban J connectivity index is 2.53. The van der Waals surface area contributed by atoms with Crippen LogP contribution in [0.5, 0.6) is 0 Å². The lowest BCUT2D eigenvalue weighted by Gasteiger charge is -2.15. The molecule has 1 aliphatic heterocycles. The molecule has 1 rings (SSSR count). The van der Waals surface area contributed by atoms with Crippen LogP contribution in [0.2, 0.25) is 0 Å². The Morgan fingerprint density at radius 3 is 2.33 bits per heavy atom. The van der Waals surface area contributed by atoms with Crippen LogP contribution in [-0.4, -0.2) is 10.6 Å². The Morgan fingerprint density at radius 1 is 1.44 bits per heavy atom. The molecule has 0 bridgehead atoms. The third-order valence-corrected chi connectivity index (χ3v) is 1.45. The van der Waals surface area contributed by atoms with Crippen LogP contribution in [0.15, 0.2) is 12.3 Å². The van der Waals surface area contributed by atoms with Crippen LogP contribution < -0.4 is 0 Å². The van der Waals surface area contributed by atoms with Crippen molar-refractivity contribution in [3.8, 4) is 0 Å². The lowest BCUT2D eigenvalue weighted by atomic mass is 10.7. The molecule has 1 heterocycles. The first-order chi connectivity index (χ1) is 4.11. The molecule has 0 N–H and O–H groups in total. The van der Waals surface area contributed by atoms with Crippen molar-refractivity contribution in [2.75, 3.05) is 0 Å². The van der Waals surface area contributed by atoms with Crippen molar-refractivity contribution in [2.45, 2.75) is 6.30 Å². The largest absolute Gasteiger partial charge is 0.494 e. The lowest BCUT2D eigenvalue weighted by Crippen LogP contribution is -2.24. The highest BCUT2D eigenvalue weighted by Gasteiger charge is 2.37. The van der Waals surface area contributed by atoms with E-state index in [1.807, 2.05) is 0 Å². The predicted octanol–water partition coefficient (Wildman–Crippen LogP) is 2.02. The molecule has 0 saturated heterocycles. The van der Waals surface area contributed by atoms with Crippen LogP contribution in [0, 0.1) is 5.75 Å². The molecule has 0 fully saturated rings. The normalized spacial score (nSPS) is 19.2. The Kier molecular flexibility index (Phi) is 1.61. The molecule has 5 heteroatoms. The van der Waals surface area contributed by atoms with Gasteiger partial charge in [0.2, 0.25) is 0 Å². The van der Waals surface area contributed by atoms with Gasteiger partial charge in [-0.1, -0.05) is 0 Å². The summed E-state index contributed by atoms with van der Waals surface area (Å²) in [6.07, 6.45) is -2.13. The lowest BCUT2D eigenvalue weighted by molar-refractivity contribution is -0.191. The summed E-state index contributed by atoms with van der Waals surface area (Å²) in [6.45, 7) is 0. The van der Waals surface area contributed by atoms with Crippen molar-refractivity contribution in [1.82, 2.24) is 4.31 Å². The second-order valence-corrected chi connectivity index (χ2v) is 2.13. The van der Waals surface area contributed by atoms with Gasteiger partial charge in [0.15, 0.2) is 0 Å². The Hall–Kier alpha value is -0.320. The van der Waals surface area contributed by atoms with Gasteiger partial charge >= 0.3 is 6.30 Å². The Bertz CT molecular complexity index is 130. The van der Waals surface area contributed by atoms with E-state index in [9.17, 15) is 13.2 Å². The number of hydrogen-bond donors (Lipinski definition) is 0.